The van der Waals surface area contributed by atoms with Crippen molar-refractivity contribution in [3.05, 3.63) is 23.3 Å². The van der Waals surface area contributed by atoms with Crippen molar-refractivity contribution in [3.63, 3.8) is 0 Å². The van der Waals surface area contributed by atoms with Crippen LogP contribution < -0.4 is 21.1 Å². The van der Waals surface area contributed by atoms with Gasteiger partial charge in [-0.3, -0.25) is 14.6 Å². The van der Waals surface area contributed by atoms with Crippen molar-refractivity contribution < 1.29 is 39.8 Å². The minimum absolute atomic E-state index is 0.00325. The van der Waals surface area contributed by atoms with Gasteiger partial charge in [0.2, 0.25) is 0 Å². The molecular weight excluding hydrogens is 704 g/mol. The fourth-order valence-electron chi connectivity index (χ4n) is 10.4. The number of aliphatic hydroxyl groups excluding tert-OH is 4. The van der Waals surface area contributed by atoms with Crippen molar-refractivity contribution in [2.75, 3.05) is 52.5 Å². The number of carbonyl (C=O) groups excluding carboxylic acids is 1. The number of nitrogens with one attached hydrogen (secondary N) is 2. The van der Waals surface area contributed by atoms with E-state index in [-0.39, 0.29) is 74.3 Å². The molecule has 14 heteroatoms. The van der Waals surface area contributed by atoms with Gasteiger partial charge in [0.15, 0.2) is 17.5 Å². The normalized spacial score (nSPS) is 39.6. The lowest BCUT2D eigenvalue weighted by atomic mass is 9.72. The maximum atomic E-state index is 12.7. The van der Waals surface area contributed by atoms with E-state index >= 15 is 0 Å². The van der Waals surface area contributed by atoms with Crippen LogP contribution in [-0.4, -0.2) is 136 Å². The Bertz CT molecular complexity index is 1600. The van der Waals surface area contributed by atoms with Crippen molar-refractivity contribution >= 4 is 11.9 Å². The average Bonchev–Trinajstić information content (AvgIpc) is 3.16. The SMILES string of the molecule is CC(=O)OC1CC(O)CCC2(C#CC3CCCC4CC(CCN4)Oc4cc(c(CO)cc4O)CC31)CNC(N)=NCN1CC3CC(C1)C(CO)N(C3)CC2O. The average molecular weight is 767 g/mol. The smallest absolute Gasteiger partial charge is 0.302 e. The number of phenolic OH excluding ortho intramolecular Hbond substituents is 1. The first kappa shape index (κ1) is 40.1. The van der Waals surface area contributed by atoms with Gasteiger partial charge < -0.3 is 51.4 Å². The molecule has 8 bridgehead atoms. The number of ether oxygens (including phenoxy) is 2. The third-order valence-electron chi connectivity index (χ3n) is 13.4. The van der Waals surface area contributed by atoms with Crippen molar-refractivity contribution in [2.45, 2.75) is 114 Å². The molecule has 304 valence electrons. The van der Waals surface area contributed by atoms with Crippen LogP contribution in [0.2, 0.25) is 0 Å². The second-order valence-electron chi connectivity index (χ2n) is 17.2. The highest BCUT2D eigenvalue weighted by Crippen LogP contribution is 2.40. The van der Waals surface area contributed by atoms with E-state index in [0.717, 1.165) is 63.8 Å². The zero-order valence-corrected chi connectivity index (χ0v) is 32.2. The van der Waals surface area contributed by atoms with Gasteiger partial charge in [-0.05, 0) is 93.0 Å². The van der Waals surface area contributed by atoms with Gasteiger partial charge >= 0.3 is 5.97 Å². The Morgan fingerprint density at radius 1 is 1.11 bits per heavy atom. The molecule has 55 heavy (non-hydrogen) atoms. The second kappa shape index (κ2) is 17.5. The van der Waals surface area contributed by atoms with Gasteiger partial charge in [0.25, 0.3) is 0 Å². The number of rotatable bonds is 3. The minimum Gasteiger partial charge on any atom is -0.504 e. The maximum Gasteiger partial charge on any atom is 0.302 e. The molecule has 1 aromatic rings. The molecule has 3 fully saturated rings. The van der Waals surface area contributed by atoms with E-state index in [1.807, 2.05) is 0 Å². The molecule has 0 amide bonds. The van der Waals surface area contributed by atoms with Gasteiger partial charge in [0, 0.05) is 70.0 Å². The molecule has 0 saturated carbocycles. The monoisotopic (exact) mass is 766 g/mol. The molecule has 1 aromatic carbocycles. The predicted octanol–water partition coefficient (Wildman–Crippen LogP) is 0.660. The molecule has 6 heterocycles. The molecule has 1 aliphatic carbocycles. The van der Waals surface area contributed by atoms with E-state index in [1.165, 1.54) is 6.92 Å². The third kappa shape index (κ3) is 9.36. The van der Waals surface area contributed by atoms with Crippen LogP contribution in [0.4, 0.5) is 0 Å². The number of hydrogen-bond acceptors (Lipinski definition) is 14. The zero-order chi connectivity index (χ0) is 38.7. The first-order chi connectivity index (χ1) is 26.5. The van der Waals surface area contributed by atoms with Crippen molar-refractivity contribution in [2.24, 2.45) is 39.8 Å². The first-order valence-electron chi connectivity index (χ1n) is 20.5. The number of guanidine groups is 1. The molecule has 6 aliphatic heterocycles. The standard InChI is InChI=1S/C41H62N6O8/c1-25(50)54-37-16-32(51)6-9-41(23-44-40(42)45-24-46-17-26-11-29(19-46)35(22-49)47(18-26)20-39(41)53)8-5-27-3-2-4-31-15-33(7-10-43-31)55-38-14-28(12-34(27)37)30(21-48)13-36(38)52/h13-14,26-27,29,31-35,37,39,43,48-49,51-53H,2-4,6-7,9-12,15-24H2,1H3,(H3,42,44,45). The molecule has 1 spiro atoms. The number of fused-ring (bicyclic) bond motifs is 9. The Hall–Kier alpha value is -3.16. The molecule has 7 aliphatic rings. The van der Waals surface area contributed by atoms with E-state index in [2.05, 4.69) is 37.3 Å². The second-order valence-corrected chi connectivity index (χ2v) is 17.2. The first-order valence-corrected chi connectivity index (χ1v) is 20.5. The Morgan fingerprint density at radius 2 is 1.96 bits per heavy atom. The van der Waals surface area contributed by atoms with Gasteiger partial charge in [0.1, 0.15) is 12.2 Å². The molecule has 14 nitrogen and oxygen atoms in total. The number of phenols is 1. The molecule has 0 radical (unpaired) electrons. The van der Waals surface area contributed by atoms with E-state index in [1.54, 1.807) is 12.1 Å². The summed E-state index contributed by atoms with van der Waals surface area (Å²) in [6.45, 7) is 5.27. The fraction of sp³-hybridized carbons (Fsp3) is 0.756. The summed E-state index contributed by atoms with van der Waals surface area (Å²) in [5, 5.41) is 63.3. The molecular formula is C41H62N6O8. The van der Waals surface area contributed by atoms with E-state index in [0.29, 0.717) is 49.7 Å². The van der Waals surface area contributed by atoms with Crippen molar-refractivity contribution in [3.8, 4) is 23.3 Å². The zero-order valence-electron chi connectivity index (χ0n) is 32.2. The van der Waals surface area contributed by atoms with Crippen molar-refractivity contribution in [1.29, 1.82) is 0 Å². The van der Waals surface area contributed by atoms with Crippen molar-refractivity contribution in [1.82, 2.24) is 20.4 Å². The number of aliphatic imine (C=N–C) groups is 1. The van der Waals surface area contributed by atoms with Crippen LogP contribution in [0.15, 0.2) is 17.1 Å². The van der Waals surface area contributed by atoms with Crippen LogP contribution in [0.1, 0.15) is 75.8 Å². The van der Waals surface area contributed by atoms with E-state index in [9.17, 15) is 30.3 Å². The summed E-state index contributed by atoms with van der Waals surface area (Å²) < 4.78 is 12.5. The number of aliphatic hydroxyl groups is 4. The van der Waals surface area contributed by atoms with Crippen LogP contribution in [0, 0.1) is 40.9 Å². The number of nitrogens with two attached hydrogens (primary N) is 1. The lowest BCUT2D eigenvalue weighted by Crippen LogP contribution is -2.61. The Kier molecular flexibility index (Phi) is 12.8. The highest BCUT2D eigenvalue weighted by Gasteiger charge is 2.46. The largest absolute Gasteiger partial charge is 0.504 e. The number of nitrogens with zero attached hydrogens (tertiary/aromatic N) is 3. The summed E-state index contributed by atoms with van der Waals surface area (Å²) in [6.07, 6.45) is 3.56. The molecule has 8 rings (SSSR count). The summed E-state index contributed by atoms with van der Waals surface area (Å²) >= 11 is 0. The molecule has 13 atom stereocenters. The Balaban J connectivity index is 1.32. The molecule has 3 saturated heterocycles. The topological polar surface area (TPSA) is 206 Å². The molecule has 0 aromatic heterocycles. The fourth-order valence-corrected chi connectivity index (χ4v) is 10.4. The van der Waals surface area contributed by atoms with Crippen LogP contribution in [0.5, 0.6) is 11.5 Å². The van der Waals surface area contributed by atoms with Gasteiger partial charge in [0.05, 0.1) is 37.5 Å². The van der Waals surface area contributed by atoms with E-state index in [4.69, 9.17) is 15.2 Å². The number of hydrogen-bond donors (Lipinski definition) is 8. The third-order valence-corrected chi connectivity index (χ3v) is 13.4. The maximum absolute atomic E-state index is 12.7. The number of aromatic hydroxyl groups is 1. The number of piperidine rings is 3. The van der Waals surface area contributed by atoms with Gasteiger partial charge in [-0.15, -0.1) is 0 Å². The van der Waals surface area contributed by atoms with Crippen LogP contribution in [-0.2, 0) is 22.6 Å². The van der Waals surface area contributed by atoms with Gasteiger partial charge in [-0.2, -0.15) is 0 Å². The molecule has 9 N–H and O–H groups in total. The molecule has 13 unspecified atom stereocenters. The minimum atomic E-state index is -1.04. The lowest BCUT2D eigenvalue weighted by molar-refractivity contribution is -0.152. The highest BCUT2D eigenvalue weighted by atomic mass is 16.5. The Labute approximate surface area is 324 Å². The van der Waals surface area contributed by atoms with Crippen LogP contribution in [0.25, 0.3) is 0 Å². The van der Waals surface area contributed by atoms with Gasteiger partial charge in [-0.25, -0.2) is 4.99 Å². The summed E-state index contributed by atoms with van der Waals surface area (Å²) in [7, 11) is 0. The summed E-state index contributed by atoms with van der Waals surface area (Å²) in [5.41, 5.74) is 6.74. The lowest BCUT2D eigenvalue weighted by Gasteiger charge is -2.51. The summed E-state index contributed by atoms with van der Waals surface area (Å²) in [5.74, 6) is 7.34. The van der Waals surface area contributed by atoms with Gasteiger partial charge in [-0.1, -0.05) is 18.3 Å². The summed E-state index contributed by atoms with van der Waals surface area (Å²) in [6, 6.07) is 3.47. The van der Waals surface area contributed by atoms with Crippen LogP contribution in [0.3, 0.4) is 0 Å². The number of benzene rings is 1. The van der Waals surface area contributed by atoms with E-state index < -0.39 is 35.6 Å². The summed E-state index contributed by atoms with van der Waals surface area (Å²) in [4.78, 5) is 21.9. The highest BCUT2D eigenvalue weighted by molar-refractivity contribution is 5.77. The predicted molar refractivity (Wildman–Crippen MR) is 206 cm³/mol. The number of esters is 1. The Morgan fingerprint density at radius 3 is 2.76 bits per heavy atom. The number of carbonyl (C=O) groups is 1. The van der Waals surface area contributed by atoms with Crippen LogP contribution >= 0.6 is 0 Å². The quantitative estimate of drug-likeness (QED) is 0.158.